The molecule has 20 heavy (non-hydrogen) atoms. The van der Waals surface area contributed by atoms with E-state index in [0.29, 0.717) is 11.4 Å². The zero-order valence-corrected chi connectivity index (χ0v) is 12.7. The fourth-order valence-electron chi connectivity index (χ4n) is 1.76. The summed E-state index contributed by atoms with van der Waals surface area (Å²) >= 11 is 6.01. The van der Waals surface area contributed by atoms with Gasteiger partial charge < -0.3 is 9.26 Å². The smallest absolute Gasteiger partial charge is 0.267 e. The van der Waals surface area contributed by atoms with E-state index >= 15 is 0 Å². The molecular weight excluding hydrogens is 304 g/mol. The van der Waals surface area contributed by atoms with Crippen molar-refractivity contribution in [2.24, 2.45) is 0 Å². The summed E-state index contributed by atoms with van der Waals surface area (Å²) in [4.78, 5) is 0.0179. The lowest BCUT2D eigenvalue weighted by atomic mass is 10.3. The van der Waals surface area contributed by atoms with Crippen LogP contribution in [0.1, 0.15) is 11.5 Å². The number of rotatable bonds is 4. The second kappa shape index (κ2) is 5.34. The lowest BCUT2D eigenvalue weighted by molar-refractivity contribution is 0.390. The molecule has 1 aromatic carbocycles. The van der Waals surface area contributed by atoms with Gasteiger partial charge in [-0.1, -0.05) is 16.8 Å². The number of aryl methyl sites for hydroxylation is 2. The first-order chi connectivity index (χ1) is 9.35. The maximum Gasteiger partial charge on any atom is 0.267 e. The van der Waals surface area contributed by atoms with Crippen molar-refractivity contribution in [2.75, 3.05) is 11.8 Å². The number of ether oxygens (including phenoxy) is 1. The Bertz CT molecular complexity index is 720. The largest absolute Gasteiger partial charge is 0.497 e. The highest BCUT2D eigenvalue weighted by Gasteiger charge is 2.24. The summed E-state index contributed by atoms with van der Waals surface area (Å²) in [5, 5.41) is 3.86. The second-order valence-corrected chi connectivity index (χ2v) is 6.13. The van der Waals surface area contributed by atoms with Crippen molar-refractivity contribution >= 4 is 27.3 Å². The highest BCUT2D eigenvalue weighted by Crippen LogP contribution is 2.29. The van der Waals surface area contributed by atoms with Gasteiger partial charge in [0.05, 0.1) is 17.8 Å². The maximum atomic E-state index is 12.3. The molecule has 0 radical (unpaired) electrons. The molecular formula is C12H13ClN2O4S. The highest BCUT2D eigenvalue weighted by atomic mass is 35.5. The molecule has 0 saturated carbocycles. The third-order valence-corrected chi connectivity index (χ3v) is 4.58. The van der Waals surface area contributed by atoms with E-state index in [4.69, 9.17) is 20.9 Å². The molecule has 0 bridgehead atoms. The molecule has 2 aromatic rings. The average Bonchev–Trinajstić information content (AvgIpc) is 2.72. The Labute approximate surface area is 121 Å². The molecule has 1 N–H and O–H groups in total. The van der Waals surface area contributed by atoms with Crippen molar-refractivity contribution in [3.63, 3.8) is 0 Å². The molecule has 0 atom stereocenters. The minimum atomic E-state index is -3.80. The number of hydrogen-bond acceptors (Lipinski definition) is 5. The Morgan fingerprint density at radius 3 is 2.55 bits per heavy atom. The normalized spacial score (nSPS) is 11.4. The lowest BCUT2D eigenvalue weighted by Crippen LogP contribution is -2.14. The predicted octanol–water partition coefficient (Wildman–Crippen LogP) is 2.75. The molecule has 2 rings (SSSR count). The molecule has 0 amide bonds. The van der Waals surface area contributed by atoms with E-state index in [9.17, 15) is 8.42 Å². The van der Waals surface area contributed by atoms with Crippen molar-refractivity contribution < 1.29 is 17.7 Å². The molecule has 1 heterocycles. The average molecular weight is 317 g/mol. The predicted molar refractivity (Wildman–Crippen MR) is 74.8 cm³/mol. The van der Waals surface area contributed by atoms with Crippen LogP contribution in [0.25, 0.3) is 0 Å². The van der Waals surface area contributed by atoms with E-state index in [-0.39, 0.29) is 21.4 Å². The second-order valence-electron chi connectivity index (χ2n) is 4.10. The van der Waals surface area contributed by atoms with Gasteiger partial charge in [-0.05, 0) is 26.0 Å². The number of aromatic nitrogens is 1. The van der Waals surface area contributed by atoms with E-state index in [1.165, 1.54) is 26.2 Å². The molecule has 0 unspecified atom stereocenters. The van der Waals surface area contributed by atoms with Crippen LogP contribution in [-0.2, 0) is 10.0 Å². The van der Waals surface area contributed by atoms with Gasteiger partial charge in [-0.2, -0.15) is 0 Å². The standard InChI is InChI=1S/C12H13ClN2O4S/c1-7-12(8(2)19-14-7)20(16,17)15-11-5-4-9(18-3)6-10(11)13/h4-6,15H,1-3H3. The number of hydrogen-bond donors (Lipinski definition) is 1. The van der Waals surface area contributed by atoms with Crippen LogP contribution >= 0.6 is 11.6 Å². The minimum absolute atomic E-state index is 0.0179. The topological polar surface area (TPSA) is 81.4 Å². The Morgan fingerprint density at radius 2 is 2.05 bits per heavy atom. The first-order valence-corrected chi connectivity index (χ1v) is 7.50. The third-order valence-electron chi connectivity index (χ3n) is 2.66. The van der Waals surface area contributed by atoms with Crippen molar-refractivity contribution in [2.45, 2.75) is 18.7 Å². The Morgan fingerprint density at radius 1 is 1.35 bits per heavy atom. The molecule has 8 heteroatoms. The van der Waals surface area contributed by atoms with Crippen molar-refractivity contribution in [3.05, 3.63) is 34.7 Å². The van der Waals surface area contributed by atoms with Gasteiger partial charge in [-0.3, -0.25) is 4.72 Å². The molecule has 0 saturated heterocycles. The lowest BCUT2D eigenvalue weighted by Gasteiger charge is -2.10. The van der Waals surface area contributed by atoms with Crippen molar-refractivity contribution in [1.82, 2.24) is 5.16 Å². The van der Waals surface area contributed by atoms with Crippen LogP contribution in [0.2, 0.25) is 5.02 Å². The van der Waals surface area contributed by atoms with E-state index < -0.39 is 10.0 Å². The molecule has 1 aromatic heterocycles. The molecule has 6 nitrogen and oxygen atoms in total. The summed E-state index contributed by atoms with van der Waals surface area (Å²) < 4.78 is 36.9. The highest BCUT2D eigenvalue weighted by molar-refractivity contribution is 7.92. The van der Waals surface area contributed by atoms with Crippen LogP contribution in [0.3, 0.4) is 0 Å². The van der Waals surface area contributed by atoms with Gasteiger partial charge in [0.2, 0.25) is 0 Å². The van der Waals surface area contributed by atoms with Gasteiger partial charge in [0.15, 0.2) is 10.7 Å². The number of anilines is 1. The zero-order valence-electron chi connectivity index (χ0n) is 11.1. The number of nitrogens with one attached hydrogen (secondary N) is 1. The number of halogens is 1. The summed E-state index contributed by atoms with van der Waals surface area (Å²) in [6, 6.07) is 4.65. The Balaban J connectivity index is 2.39. The summed E-state index contributed by atoms with van der Waals surface area (Å²) in [7, 11) is -2.31. The van der Waals surface area contributed by atoms with E-state index in [2.05, 4.69) is 9.88 Å². The van der Waals surface area contributed by atoms with Gasteiger partial charge in [0.25, 0.3) is 10.0 Å². The summed E-state index contributed by atoms with van der Waals surface area (Å²) in [6.45, 7) is 3.09. The zero-order chi connectivity index (χ0) is 14.9. The molecule has 0 spiro atoms. The third kappa shape index (κ3) is 2.73. The van der Waals surface area contributed by atoms with Gasteiger partial charge in [0.1, 0.15) is 11.4 Å². The molecule has 108 valence electrons. The van der Waals surface area contributed by atoms with Crippen LogP contribution in [-0.4, -0.2) is 20.7 Å². The summed E-state index contributed by atoms with van der Waals surface area (Å²) in [5.41, 5.74) is 0.548. The monoisotopic (exact) mass is 316 g/mol. The number of nitrogens with zero attached hydrogens (tertiary/aromatic N) is 1. The van der Waals surface area contributed by atoms with Crippen LogP contribution in [0, 0.1) is 13.8 Å². The van der Waals surface area contributed by atoms with E-state index in [0.717, 1.165) is 0 Å². The van der Waals surface area contributed by atoms with Gasteiger partial charge in [-0.15, -0.1) is 0 Å². The van der Waals surface area contributed by atoms with Gasteiger partial charge >= 0.3 is 0 Å². The van der Waals surface area contributed by atoms with Crippen LogP contribution in [0.4, 0.5) is 5.69 Å². The van der Waals surface area contributed by atoms with E-state index in [1.807, 2.05) is 0 Å². The SMILES string of the molecule is COc1ccc(NS(=O)(=O)c2c(C)noc2C)c(Cl)c1. The van der Waals surface area contributed by atoms with Crippen LogP contribution in [0.15, 0.2) is 27.6 Å². The van der Waals surface area contributed by atoms with Crippen LogP contribution < -0.4 is 9.46 Å². The minimum Gasteiger partial charge on any atom is -0.497 e. The summed E-state index contributed by atoms with van der Waals surface area (Å²) in [5.74, 6) is 0.759. The Hall–Kier alpha value is -1.73. The van der Waals surface area contributed by atoms with Crippen molar-refractivity contribution in [3.8, 4) is 5.75 Å². The first kappa shape index (κ1) is 14.7. The van der Waals surface area contributed by atoms with Gasteiger partial charge in [0, 0.05) is 6.07 Å². The number of sulfonamides is 1. The number of benzene rings is 1. The van der Waals surface area contributed by atoms with Crippen molar-refractivity contribution in [1.29, 1.82) is 0 Å². The number of methoxy groups -OCH3 is 1. The fraction of sp³-hybridized carbons (Fsp3) is 0.250. The summed E-state index contributed by atoms with van der Waals surface area (Å²) in [6.07, 6.45) is 0. The quantitative estimate of drug-likeness (QED) is 0.938. The molecule has 0 aliphatic rings. The maximum absolute atomic E-state index is 12.3. The first-order valence-electron chi connectivity index (χ1n) is 5.64. The molecule has 0 aliphatic carbocycles. The fourth-order valence-corrected chi connectivity index (χ4v) is 3.44. The molecule has 0 fully saturated rings. The Kier molecular flexibility index (Phi) is 3.92. The van der Waals surface area contributed by atoms with Gasteiger partial charge in [-0.25, -0.2) is 8.42 Å². The van der Waals surface area contributed by atoms with E-state index in [1.54, 1.807) is 13.0 Å². The molecule has 0 aliphatic heterocycles. The van der Waals surface area contributed by atoms with Crippen LogP contribution in [0.5, 0.6) is 5.75 Å².